The molecule has 100 valence electrons. The zero-order chi connectivity index (χ0) is 13.5. The Hall–Kier alpha value is -1.25. The standard InChI is InChI=1S/C17H21NS/c1-14(13-19-17-11-7-4-8-12-17)18-15(2)16-9-5-3-6-10-16/h3-12,14-15,18H,13H2,1-2H3/t14-,15-/m1/s1. The zero-order valence-electron chi connectivity index (χ0n) is 11.5. The largest absolute Gasteiger partial charge is 0.307 e. The smallest absolute Gasteiger partial charge is 0.0294 e. The van der Waals surface area contributed by atoms with Gasteiger partial charge in [-0.2, -0.15) is 0 Å². The van der Waals surface area contributed by atoms with Crippen LogP contribution in [0.15, 0.2) is 65.6 Å². The van der Waals surface area contributed by atoms with Crippen LogP contribution in [0.1, 0.15) is 25.5 Å². The molecule has 2 rings (SSSR count). The minimum Gasteiger partial charge on any atom is -0.307 e. The van der Waals surface area contributed by atoms with Gasteiger partial charge in [-0.25, -0.2) is 0 Å². The molecule has 0 heterocycles. The third-order valence-electron chi connectivity index (χ3n) is 3.08. The minimum atomic E-state index is 0.396. The molecule has 2 aromatic carbocycles. The quantitative estimate of drug-likeness (QED) is 0.775. The average Bonchev–Trinajstić information content (AvgIpc) is 2.47. The van der Waals surface area contributed by atoms with E-state index in [9.17, 15) is 0 Å². The normalized spacial score (nSPS) is 14.0. The van der Waals surface area contributed by atoms with E-state index in [-0.39, 0.29) is 0 Å². The highest BCUT2D eigenvalue weighted by Gasteiger charge is 2.09. The number of nitrogens with one attached hydrogen (secondary N) is 1. The first-order chi connectivity index (χ1) is 9.25. The Bertz CT molecular complexity index is 469. The van der Waals surface area contributed by atoms with Crippen molar-refractivity contribution in [1.29, 1.82) is 0 Å². The van der Waals surface area contributed by atoms with Crippen molar-refractivity contribution in [2.45, 2.75) is 30.8 Å². The molecule has 0 saturated heterocycles. The van der Waals surface area contributed by atoms with E-state index in [1.165, 1.54) is 10.5 Å². The molecule has 0 aromatic heterocycles. The van der Waals surface area contributed by atoms with Gasteiger partial charge in [0.05, 0.1) is 0 Å². The zero-order valence-corrected chi connectivity index (χ0v) is 12.4. The summed E-state index contributed by atoms with van der Waals surface area (Å²) in [5, 5.41) is 3.65. The van der Waals surface area contributed by atoms with Crippen molar-refractivity contribution in [3.8, 4) is 0 Å². The molecule has 1 N–H and O–H groups in total. The Morgan fingerprint density at radius 3 is 2.11 bits per heavy atom. The predicted molar refractivity (Wildman–Crippen MR) is 84.6 cm³/mol. The van der Waals surface area contributed by atoms with E-state index in [0.29, 0.717) is 12.1 Å². The summed E-state index contributed by atoms with van der Waals surface area (Å²) < 4.78 is 0. The third kappa shape index (κ3) is 4.73. The van der Waals surface area contributed by atoms with Crippen LogP contribution in [-0.4, -0.2) is 11.8 Å². The monoisotopic (exact) mass is 271 g/mol. The van der Waals surface area contributed by atoms with E-state index in [0.717, 1.165) is 5.75 Å². The Morgan fingerprint density at radius 2 is 1.47 bits per heavy atom. The molecule has 0 radical (unpaired) electrons. The molecule has 0 aliphatic carbocycles. The van der Waals surface area contributed by atoms with Gasteiger partial charge in [-0.15, -0.1) is 11.8 Å². The molecule has 1 nitrogen and oxygen atoms in total. The lowest BCUT2D eigenvalue weighted by Crippen LogP contribution is -2.30. The molecular formula is C17H21NS. The molecule has 0 fully saturated rings. The Morgan fingerprint density at radius 1 is 0.895 bits per heavy atom. The summed E-state index contributed by atoms with van der Waals surface area (Å²) in [6, 6.07) is 22.1. The van der Waals surface area contributed by atoms with Gasteiger partial charge < -0.3 is 5.32 Å². The lowest BCUT2D eigenvalue weighted by molar-refractivity contribution is 0.511. The van der Waals surface area contributed by atoms with Gasteiger partial charge in [0.15, 0.2) is 0 Å². The van der Waals surface area contributed by atoms with Gasteiger partial charge in [0.1, 0.15) is 0 Å². The fourth-order valence-corrected chi connectivity index (χ4v) is 2.94. The molecule has 2 aromatic rings. The van der Waals surface area contributed by atoms with Crippen LogP contribution in [0.5, 0.6) is 0 Å². The first-order valence-electron chi connectivity index (χ1n) is 6.74. The molecule has 0 amide bonds. The van der Waals surface area contributed by atoms with Crippen molar-refractivity contribution >= 4 is 11.8 Å². The van der Waals surface area contributed by atoms with Crippen molar-refractivity contribution in [1.82, 2.24) is 5.32 Å². The second-order valence-corrected chi connectivity index (χ2v) is 5.92. The minimum absolute atomic E-state index is 0.396. The SMILES string of the molecule is C[C@H](CSc1ccccc1)N[C@H](C)c1ccccc1. The Kier molecular flexibility index (Phi) is 5.49. The van der Waals surface area contributed by atoms with Crippen LogP contribution in [0.2, 0.25) is 0 Å². The van der Waals surface area contributed by atoms with Gasteiger partial charge in [-0.1, -0.05) is 48.5 Å². The summed E-state index contributed by atoms with van der Waals surface area (Å²) >= 11 is 1.90. The van der Waals surface area contributed by atoms with E-state index >= 15 is 0 Å². The topological polar surface area (TPSA) is 12.0 Å². The van der Waals surface area contributed by atoms with Crippen LogP contribution in [0.3, 0.4) is 0 Å². The maximum atomic E-state index is 3.65. The van der Waals surface area contributed by atoms with Gasteiger partial charge in [0.25, 0.3) is 0 Å². The summed E-state index contributed by atoms with van der Waals surface area (Å²) in [7, 11) is 0. The van der Waals surface area contributed by atoms with Gasteiger partial charge in [-0.3, -0.25) is 0 Å². The number of thioether (sulfide) groups is 1. The Balaban J connectivity index is 1.80. The van der Waals surface area contributed by atoms with E-state index < -0.39 is 0 Å². The summed E-state index contributed by atoms with van der Waals surface area (Å²) in [6.07, 6.45) is 0. The van der Waals surface area contributed by atoms with Crippen LogP contribution >= 0.6 is 11.8 Å². The van der Waals surface area contributed by atoms with E-state index in [1.807, 2.05) is 11.8 Å². The first kappa shape index (κ1) is 14.2. The van der Waals surface area contributed by atoms with Gasteiger partial charge in [-0.05, 0) is 31.5 Å². The van der Waals surface area contributed by atoms with E-state index in [2.05, 4.69) is 79.8 Å². The molecule has 2 heteroatoms. The van der Waals surface area contributed by atoms with E-state index in [1.54, 1.807) is 0 Å². The van der Waals surface area contributed by atoms with E-state index in [4.69, 9.17) is 0 Å². The molecule has 0 aliphatic rings. The molecule has 0 saturated carbocycles. The van der Waals surface area contributed by atoms with Crippen LogP contribution in [-0.2, 0) is 0 Å². The highest BCUT2D eigenvalue weighted by Crippen LogP contribution is 2.19. The molecule has 2 atom stereocenters. The lowest BCUT2D eigenvalue weighted by atomic mass is 10.1. The number of hydrogen-bond donors (Lipinski definition) is 1. The predicted octanol–water partition coefficient (Wildman–Crippen LogP) is 4.52. The Labute approximate surface area is 120 Å². The fourth-order valence-electron chi connectivity index (χ4n) is 2.05. The highest BCUT2D eigenvalue weighted by molar-refractivity contribution is 7.99. The number of rotatable bonds is 6. The maximum Gasteiger partial charge on any atom is 0.0294 e. The molecule has 19 heavy (non-hydrogen) atoms. The first-order valence-corrected chi connectivity index (χ1v) is 7.73. The van der Waals surface area contributed by atoms with Crippen molar-refractivity contribution in [3.63, 3.8) is 0 Å². The number of hydrogen-bond acceptors (Lipinski definition) is 2. The second-order valence-electron chi connectivity index (χ2n) is 4.82. The van der Waals surface area contributed by atoms with Crippen molar-refractivity contribution in [3.05, 3.63) is 66.2 Å². The van der Waals surface area contributed by atoms with Gasteiger partial charge in [0.2, 0.25) is 0 Å². The molecule has 0 bridgehead atoms. The van der Waals surface area contributed by atoms with Gasteiger partial charge in [0, 0.05) is 22.7 Å². The average molecular weight is 271 g/mol. The second kappa shape index (κ2) is 7.37. The van der Waals surface area contributed by atoms with Crippen molar-refractivity contribution in [2.75, 3.05) is 5.75 Å². The summed E-state index contributed by atoms with van der Waals surface area (Å²) in [5.41, 5.74) is 1.35. The highest BCUT2D eigenvalue weighted by atomic mass is 32.2. The van der Waals surface area contributed by atoms with Crippen LogP contribution in [0.4, 0.5) is 0 Å². The molecular weight excluding hydrogens is 250 g/mol. The van der Waals surface area contributed by atoms with Gasteiger partial charge >= 0.3 is 0 Å². The summed E-state index contributed by atoms with van der Waals surface area (Å²) in [4.78, 5) is 1.34. The fraction of sp³-hybridized carbons (Fsp3) is 0.294. The van der Waals surface area contributed by atoms with Crippen LogP contribution < -0.4 is 5.32 Å². The van der Waals surface area contributed by atoms with Crippen molar-refractivity contribution < 1.29 is 0 Å². The summed E-state index contributed by atoms with van der Waals surface area (Å²) in [5.74, 6) is 1.08. The third-order valence-corrected chi connectivity index (χ3v) is 4.35. The van der Waals surface area contributed by atoms with Crippen LogP contribution in [0, 0.1) is 0 Å². The number of benzene rings is 2. The summed E-state index contributed by atoms with van der Waals surface area (Å²) in [6.45, 7) is 4.47. The molecule has 0 unspecified atom stereocenters. The lowest BCUT2D eigenvalue weighted by Gasteiger charge is -2.20. The van der Waals surface area contributed by atoms with Crippen molar-refractivity contribution in [2.24, 2.45) is 0 Å². The molecule has 0 aliphatic heterocycles. The maximum absolute atomic E-state index is 3.65. The van der Waals surface area contributed by atoms with Crippen LogP contribution in [0.25, 0.3) is 0 Å². The molecule has 0 spiro atoms.